The van der Waals surface area contributed by atoms with E-state index in [0.717, 1.165) is 12.2 Å². The lowest BCUT2D eigenvalue weighted by atomic mass is 10.2. The first-order valence-electron chi connectivity index (χ1n) is 15.3. The van der Waals surface area contributed by atoms with Crippen molar-refractivity contribution >= 4 is 40.5 Å². The minimum atomic E-state index is 0.0193. The summed E-state index contributed by atoms with van der Waals surface area (Å²) in [6.07, 6.45) is 3.75. The van der Waals surface area contributed by atoms with E-state index >= 15 is 0 Å². The van der Waals surface area contributed by atoms with Crippen LogP contribution < -0.4 is 19.6 Å². The number of hydrogen-bond donors (Lipinski definition) is 0. The van der Waals surface area contributed by atoms with E-state index in [4.69, 9.17) is 38.9 Å². The average Bonchev–Trinajstić information content (AvgIpc) is 3.53. The molecule has 2 aliphatic heterocycles. The third-order valence-electron chi connectivity index (χ3n) is 8.13. The Morgan fingerprint density at radius 1 is 0.689 bits per heavy atom. The number of imidazole rings is 1. The summed E-state index contributed by atoms with van der Waals surface area (Å²) in [5.74, 6) is 2.35. The van der Waals surface area contributed by atoms with E-state index in [1.54, 1.807) is 33.3 Å². The van der Waals surface area contributed by atoms with Crippen LogP contribution in [0.3, 0.4) is 0 Å². The zero-order chi connectivity index (χ0) is 31.8. The number of nitrogens with zero attached hydrogens (tertiary/aromatic N) is 11. The van der Waals surface area contributed by atoms with Gasteiger partial charge in [-0.1, -0.05) is 0 Å². The van der Waals surface area contributed by atoms with Gasteiger partial charge in [-0.15, -0.1) is 0 Å². The van der Waals surface area contributed by atoms with Crippen molar-refractivity contribution in [2.45, 2.75) is 13.1 Å². The molecule has 2 aliphatic rings. The number of fused-ring (bicyclic) bond motifs is 2. The van der Waals surface area contributed by atoms with Crippen LogP contribution in [0.1, 0.15) is 5.69 Å². The van der Waals surface area contributed by atoms with E-state index in [1.807, 2.05) is 29.4 Å². The maximum atomic E-state index is 12.9. The number of anilines is 4. The molecule has 0 radical (unpaired) electrons. The first-order valence-corrected chi connectivity index (χ1v) is 15.3. The minimum Gasteiger partial charge on any atom is -0.383 e. The van der Waals surface area contributed by atoms with Gasteiger partial charge in [0.25, 0.3) is 0 Å². The number of ether oxygens (including phenoxy) is 4. The van der Waals surface area contributed by atoms with Crippen molar-refractivity contribution in [3.05, 3.63) is 18.2 Å². The monoisotopic (exact) mass is 627 g/mol. The second-order valence-corrected chi connectivity index (χ2v) is 11.1. The lowest BCUT2D eigenvalue weighted by Gasteiger charge is -2.35. The molecule has 0 atom stereocenters. The van der Waals surface area contributed by atoms with Crippen LogP contribution in [0, 0.1) is 0 Å². The molecule has 5 heterocycles. The number of likely N-dealkylation sites (N-methyl/N-ethyl adjacent to an activating group) is 1. The molecule has 0 unspecified atom stereocenters. The van der Waals surface area contributed by atoms with Crippen molar-refractivity contribution in [1.29, 1.82) is 0 Å². The number of carbonyl (C=O) groups excluding carboxylic acids is 1. The van der Waals surface area contributed by atoms with E-state index < -0.39 is 0 Å². The molecule has 1 fully saturated rings. The van der Waals surface area contributed by atoms with Gasteiger partial charge in [-0.25, -0.2) is 15.0 Å². The number of amides is 1. The third kappa shape index (κ3) is 7.52. The molecule has 0 N–H and O–H groups in total. The predicted molar refractivity (Wildman–Crippen MR) is 170 cm³/mol. The Balaban J connectivity index is 1.71. The summed E-state index contributed by atoms with van der Waals surface area (Å²) in [5, 5.41) is 0. The molecule has 0 aliphatic carbocycles. The summed E-state index contributed by atoms with van der Waals surface area (Å²) in [6, 6.07) is 0. The van der Waals surface area contributed by atoms with Crippen LogP contribution in [-0.2, 0) is 36.8 Å². The van der Waals surface area contributed by atoms with Gasteiger partial charge in [0.15, 0.2) is 11.6 Å². The molecule has 0 bridgehead atoms. The van der Waals surface area contributed by atoms with E-state index in [9.17, 15) is 4.79 Å². The maximum absolute atomic E-state index is 12.9. The summed E-state index contributed by atoms with van der Waals surface area (Å²) in [4.78, 5) is 47.9. The number of carbonyl (C=O) groups is 1. The Labute approximate surface area is 263 Å². The van der Waals surface area contributed by atoms with Gasteiger partial charge in [-0.2, -0.15) is 9.97 Å². The first-order chi connectivity index (χ1) is 22.0. The summed E-state index contributed by atoms with van der Waals surface area (Å²) in [6.45, 7) is 7.68. The molecule has 1 amide bonds. The second-order valence-electron chi connectivity index (χ2n) is 11.1. The standard InChI is InChI=1S/C29H45N11O5/c1-35-6-7-39(20-23(35)41)27-25-24(31-29(34-27)37(12-16-44-4)13-17-45-5)26(38-8-9-40-21-30-18-22(40)19-38)33-28(32-25)36(10-14-42-2)11-15-43-3/h18,21H,6-17,19-20H2,1-5H3. The number of methoxy groups -OCH3 is 4. The smallest absolute Gasteiger partial charge is 0.241 e. The van der Waals surface area contributed by atoms with Crippen molar-refractivity contribution in [2.75, 3.05) is 134 Å². The highest BCUT2D eigenvalue weighted by Crippen LogP contribution is 2.34. The van der Waals surface area contributed by atoms with Gasteiger partial charge in [0.2, 0.25) is 17.8 Å². The zero-order valence-corrected chi connectivity index (χ0v) is 27.0. The van der Waals surface area contributed by atoms with Gasteiger partial charge >= 0.3 is 0 Å². The Morgan fingerprint density at radius 2 is 1.18 bits per heavy atom. The molecule has 0 spiro atoms. The summed E-state index contributed by atoms with van der Waals surface area (Å²) in [7, 11) is 8.52. The van der Waals surface area contributed by atoms with Crippen LogP contribution in [0.2, 0.25) is 0 Å². The minimum absolute atomic E-state index is 0.0193. The maximum Gasteiger partial charge on any atom is 0.241 e. The van der Waals surface area contributed by atoms with Crippen LogP contribution >= 0.6 is 0 Å². The number of hydrogen-bond acceptors (Lipinski definition) is 14. The molecule has 5 rings (SSSR count). The molecule has 3 aromatic heterocycles. The van der Waals surface area contributed by atoms with Crippen molar-refractivity contribution in [2.24, 2.45) is 0 Å². The largest absolute Gasteiger partial charge is 0.383 e. The molecule has 1 saturated heterocycles. The van der Waals surface area contributed by atoms with Crippen LogP contribution in [0.5, 0.6) is 0 Å². The van der Waals surface area contributed by atoms with Crippen LogP contribution in [-0.4, -0.2) is 155 Å². The topological polar surface area (TPSA) is 140 Å². The fourth-order valence-corrected chi connectivity index (χ4v) is 5.42. The second kappa shape index (κ2) is 15.4. The van der Waals surface area contributed by atoms with Crippen molar-refractivity contribution in [3.8, 4) is 0 Å². The van der Waals surface area contributed by atoms with E-state index in [-0.39, 0.29) is 12.5 Å². The van der Waals surface area contributed by atoms with Crippen molar-refractivity contribution in [3.63, 3.8) is 0 Å². The Bertz CT molecular complexity index is 1410. The summed E-state index contributed by atoms with van der Waals surface area (Å²) >= 11 is 0. The summed E-state index contributed by atoms with van der Waals surface area (Å²) < 4.78 is 23.8. The van der Waals surface area contributed by atoms with Gasteiger partial charge in [-0.05, 0) is 0 Å². The molecule has 16 heteroatoms. The molecule has 16 nitrogen and oxygen atoms in total. The third-order valence-corrected chi connectivity index (χ3v) is 8.13. The Hall–Kier alpha value is -3.86. The molecule has 0 aromatic carbocycles. The lowest BCUT2D eigenvalue weighted by Crippen LogP contribution is -2.49. The number of piperazine rings is 1. The molecular weight excluding hydrogens is 582 g/mol. The summed E-state index contributed by atoms with van der Waals surface area (Å²) in [5.41, 5.74) is 2.30. The predicted octanol–water partition coefficient (Wildman–Crippen LogP) is 0.113. The van der Waals surface area contributed by atoms with Crippen LogP contribution in [0.15, 0.2) is 12.5 Å². The molecular formula is C29H45N11O5. The normalized spacial score (nSPS) is 15.2. The fourth-order valence-electron chi connectivity index (χ4n) is 5.42. The van der Waals surface area contributed by atoms with Gasteiger partial charge in [0.05, 0.1) is 51.5 Å². The zero-order valence-electron chi connectivity index (χ0n) is 27.0. The fraction of sp³-hybridized carbons (Fsp3) is 0.655. The van der Waals surface area contributed by atoms with E-state index in [2.05, 4.69) is 19.4 Å². The Kier molecular flexibility index (Phi) is 11.2. The first kappa shape index (κ1) is 32.5. The van der Waals surface area contributed by atoms with Crippen LogP contribution in [0.25, 0.3) is 11.0 Å². The molecule has 3 aromatic rings. The van der Waals surface area contributed by atoms with Crippen LogP contribution in [0.4, 0.5) is 23.5 Å². The quantitative estimate of drug-likeness (QED) is 0.212. The molecule has 45 heavy (non-hydrogen) atoms. The SMILES string of the molecule is COCCN(CCOC)c1nc(N2CCn3cncc3C2)c2nc(N(CCOC)CCOC)nc(N3CCN(C)C(=O)C3)c2n1. The van der Waals surface area contributed by atoms with Gasteiger partial charge in [-0.3, -0.25) is 4.79 Å². The molecule has 246 valence electrons. The average molecular weight is 628 g/mol. The highest BCUT2D eigenvalue weighted by atomic mass is 16.5. The number of rotatable bonds is 16. The highest BCUT2D eigenvalue weighted by molar-refractivity contribution is 5.96. The Morgan fingerprint density at radius 3 is 1.67 bits per heavy atom. The number of aromatic nitrogens is 6. The highest BCUT2D eigenvalue weighted by Gasteiger charge is 2.30. The van der Waals surface area contributed by atoms with Gasteiger partial charge in [0, 0.05) is 94.0 Å². The van der Waals surface area contributed by atoms with Gasteiger partial charge in [0.1, 0.15) is 11.0 Å². The lowest BCUT2D eigenvalue weighted by molar-refractivity contribution is -0.129. The van der Waals surface area contributed by atoms with Gasteiger partial charge < -0.3 is 48.0 Å². The van der Waals surface area contributed by atoms with E-state index in [1.165, 1.54) is 0 Å². The van der Waals surface area contributed by atoms with Crippen molar-refractivity contribution < 1.29 is 23.7 Å². The van der Waals surface area contributed by atoms with E-state index in [0.29, 0.717) is 113 Å². The molecule has 0 saturated carbocycles. The van der Waals surface area contributed by atoms with Crippen molar-refractivity contribution in [1.82, 2.24) is 34.4 Å².